The van der Waals surface area contributed by atoms with E-state index >= 15 is 0 Å². The zero-order chi connectivity index (χ0) is 12.0. The maximum absolute atomic E-state index is 4.39. The van der Waals surface area contributed by atoms with Crippen LogP contribution < -0.4 is 5.32 Å². The molecule has 3 heteroatoms. The first-order chi connectivity index (χ1) is 7.63. The molecule has 0 saturated heterocycles. The molecule has 0 amide bonds. The summed E-state index contributed by atoms with van der Waals surface area (Å²) in [5, 5.41) is 4.38. The number of thioether (sulfide) groups is 1. The Morgan fingerprint density at radius 1 is 1.38 bits per heavy atom. The monoisotopic (exact) mass is 238 g/mol. The van der Waals surface area contributed by atoms with Crippen LogP contribution in [0.5, 0.6) is 0 Å². The number of hydrogen-bond donors (Lipinski definition) is 1. The molecule has 0 fully saturated rings. The number of pyridine rings is 1. The second-order valence-electron chi connectivity index (χ2n) is 4.47. The van der Waals surface area contributed by atoms with Gasteiger partial charge in [0.25, 0.3) is 0 Å². The Hall–Kier alpha value is -0.540. The van der Waals surface area contributed by atoms with Crippen molar-refractivity contribution >= 4 is 11.8 Å². The molecular formula is C13H22N2S. The number of nitrogens with zero attached hydrogens (tertiary/aromatic N) is 1. The molecule has 2 nitrogen and oxygen atoms in total. The van der Waals surface area contributed by atoms with E-state index in [4.69, 9.17) is 0 Å². The number of hydrogen-bond acceptors (Lipinski definition) is 3. The van der Waals surface area contributed by atoms with Gasteiger partial charge in [0, 0.05) is 12.2 Å². The van der Waals surface area contributed by atoms with Crippen molar-refractivity contribution in [2.24, 2.45) is 5.92 Å². The van der Waals surface area contributed by atoms with Gasteiger partial charge in [0.15, 0.2) is 0 Å². The Labute approximate surface area is 103 Å². The molecule has 0 saturated carbocycles. The first kappa shape index (κ1) is 13.5. The highest BCUT2D eigenvalue weighted by Crippen LogP contribution is 2.21. The van der Waals surface area contributed by atoms with Gasteiger partial charge in [-0.1, -0.05) is 13.8 Å². The zero-order valence-corrected chi connectivity index (χ0v) is 11.5. The lowest BCUT2D eigenvalue weighted by atomic mass is 10.1. The minimum absolute atomic E-state index is 0.396. The molecule has 1 atom stereocenters. The normalized spacial score (nSPS) is 13.1. The quantitative estimate of drug-likeness (QED) is 0.768. The van der Waals surface area contributed by atoms with E-state index in [1.807, 2.05) is 25.0 Å². The van der Waals surface area contributed by atoms with Gasteiger partial charge < -0.3 is 5.32 Å². The van der Waals surface area contributed by atoms with Gasteiger partial charge in [0.1, 0.15) is 0 Å². The summed E-state index contributed by atoms with van der Waals surface area (Å²) in [6, 6.07) is 4.66. The first-order valence-electron chi connectivity index (χ1n) is 5.89. The third-order valence-electron chi connectivity index (χ3n) is 2.64. The summed E-state index contributed by atoms with van der Waals surface area (Å²) in [4.78, 5) is 4.39. The largest absolute Gasteiger partial charge is 0.313 e. The van der Waals surface area contributed by atoms with E-state index in [-0.39, 0.29) is 0 Å². The molecule has 1 aromatic heterocycles. The molecule has 0 aliphatic heterocycles. The van der Waals surface area contributed by atoms with Crippen LogP contribution in [-0.2, 0) is 0 Å². The van der Waals surface area contributed by atoms with E-state index in [0.29, 0.717) is 6.04 Å². The summed E-state index contributed by atoms with van der Waals surface area (Å²) in [6.45, 7) is 6.68. The Balaban J connectivity index is 2.54. The highest BCUT2D eigenvalue weighted by atomic mass is 32.2. The van der Waals surface area contributed by atoms with Crippen LogP contribution in [0.1, 0.15) is 38.8 Å². The minimum atomic E-state index is 0.396. The van der Waals surface area contributed by atoms with Gasteiger partial charge in [0.2, 0.25) is 0 Å². The Morgan fingerprint density at radius 2 is 2.12 bits per heavy atom. The SMILES string of the molecule is CNC(C)c1ccnc(SCCC(C)C)c1. The number of rotatable bonds is 6. The fourth-order valence-corrected chi connectivity index (χ4v) is 2.49. The molecule has 0 radical (unpaired) electrons. The molecule has 0 aromatic carbocycles. The van der Waals surface area contributed by atoms with Crippen LogP contribution in [0.15, 0.2) is 23.4 Å². The predicted octanol–water partition coefficient (Wildman–Crippen LogP) is 3.50. The fraction of sp³-hybridized carbons (Fsp3) is 0.615. The zero-order valence-electron chi connectivity index (χ0n) is 10.7. The third-order valence-corrected chi connectivity index (χ3v) is 3.60. The van der Waals surface area contributed by atoms with Crippen molar-refractivity contribution in [2.45, 2.75) is 38.3 Å². The average Bonchev–Trinajstić information content (AvgIpc) is 2.28. The standard InChI is InChI=1S/C13H22N2S/c1-10(2)6-8-16-13-9-12(5-7-15-13)11(3)14-4/h5,7,9-11,14H,6,8H2,1-4H3. The average molecular weight is 238 g/mol. The molecule has 1 unspecified atom stereocenters. The van der Waals surface area contributed by atoms with Gasteiger partial charge in [-0.2, -0.15) is 0 Å². The van der Waals surface area contributed by atoms with Crippen molar-refractivity contribution in [2.75, 3.05) is 12.8 Å². The molecule has 90 valence electrons. The van der Waals surface area contributed by atoms with Crippen LogP contribution in [0.3, 0.4) is 0 Å². The third kappa shape index (κ3) is 4.54. The molecule has 0 aliphatic carbocycles. The maximum atomic E-state index is 4.39. The molecule has 0 spiro atoms. The van der Waals surface area contributed by atoms with Gasteiger partial charge >= 0.3 is 0 Å². The highest BCUT2D eigenvalue weighted by Gasteiger charge is 2.04. The fourth-order valence-electron chi connectivity index (χ4n) is 1.34. The van der Waals surface area contributed by atoms with Crippen LogP contribution in [0.2, 0.25) is 0 Å². The van der Waals surface area contributed by atoms with Gasteiger partial charge in [-0.05, 0) is 49.8 Å². The van der Waals surface area contributed by atoms with E-state index in [1.54, 1.807) is 0 Å². The summed E-state index contributed by atoms with van der Waals surface area (Å²) < 4.78 is 0. The molecule has 1 aromatic rings. The lowest BCUT2D eigenvalue weighted by Gasteiger charge is -2.11. The maximum Gasteiger partial charge on any atom is 0.0963 e. The predicted molar refractivity (Wildman–Crippen MR) is 71.9 cm³/mol. The Morgan fingerprint density at radius 3 is 2.75 bits per heavy atom. The molecule has 1 N–H and O–H groups in total. The van der Waals surface area contributed by atoms with Crippen molar-refractivity contribution in [3.63, 3.8) is 0 Å². The Kier molecular flexibility index (Phi) is 5.85. The van der Waals surface area contributed by atoms with Crippen molar-refractivity contribution in [1.82, 2.24) is 10.3 Å². The van der Waals surface area contributed by atoms with E-state index in [2.05, 4.69) is 43.2 Å². The van der Waals surface area contributed by atoms with Gasteiger partial charge in [-0.25, -0.2) is 4.98 Å². The van der Waals surface area contributed by atoms with E-state index < -0.39 is 0 Å². The molecule has 16 heavy (non-hydrogen) atoms. The van der Waals surface area contributed by atoms with Crippen LogP contribution in [0, 0.1) is 5.92 Å². The lowest BCUT2D eigenvalue weighted by Crippen LogP contribution is -2.12. The molecule has 0 bridgehead atoms. The molecular weight excluding hydrogens is 216 g/mol. The number of nitrogens with one attached hydrogen (secondary N) is 1. The van der Waals surface area contributed by atoms with Crippen LogP contribution in [0.4, 0.5) is 0 Å². The van der Waals surface area contributed by atoms with Crippen molar-refractivity contribution in [3.05, 3.63) is 23.9 Å². The highest BCUT2D eigenvalue weighted by molar-refractivity contribution is 7.99. The summed E-state index contributed by atoms with van der Waals surface area (Å²) in [6.07, 6.45) is 3.15. The summed E-state index contributed by atoms with van der Waals surface area (Å²) in [5.74, 6) is 1.93. The lowest BCUT2D eigenvalue weighted by molar-refractivity contribution is 0.631. The minimum Gasteiger partial charge on any atom is -0.313 e. The first-order valence-corrected chi connectivity index (χ1v) is 6.88. The van der Waals surface area contributed by atoms with E-state index in [0.717, 1.165) is 16.7 Å². The molecule has 0 aliphatic rings. The van der Waals surface area contributed by atoms with Gasteiger partial charge in [-0.3, -0.25) is 0 Å². The van der Waals surface area contributed by atoms with Gasteiger partial charge in [-0.15, -0.1) is 11.8 Å². The smallest absolute Gasteiger partial charge is 0.0963 e. The molecule has 1 rings (SSSR count). The van der Waals surface area contributed by atoms with Gasteiger partial charge in [0.05, 0.1) is 5.03 Å². The van der Waals surface area contributed by atoms with Crippen LogP contribution in [0.25, 0.3) is 0 Å². The van der Waals surface area contributed by atoms with Crippen molar-refractivity contribution in [3.8, 4) is 0 Å². The second kappa shape index (κ2) is 6.92. The summed E-state index contributed by atoms with van der Waals surface area (Å²) in [7, 11) is 1.98. The Bertz CT molecular complexity index is 313. The van der Waals surface area contributed by atoms with E-state index in [1.165, 1.54) is 12.0 Å². The molecule has 1 heterocycles. The van der Waals surface area contributed by atoms with Crippen molar-refractivity contribution in [1.29, 1.82) is 0 Å². The van der Waals surface area contributed by atoms with E-state index in [9.17, 15) is 0 Å². The topological polar surface area (TPSA) is 24.9 Å². The summed E-state index contributed by atoms with van der Waals surface area (Å²) >= 11 is 1.85. The van der Waals surface area contributed by atoms with Crippen LogP contribution >= 0.6 is 11.8 Å². The van der Waals surface area contributed by atoms with Crippen molar-refractivity contribution < 1.29 is 0 Å². The second-order valence-corrected chi connectivity index (χ2v) is 5.58. The summed E-state index contributed by atoms with van der Waals surface area (Å²) in [5.41, 5.74) is 1.31. The van der Waals surface area contributed by atoms with Crippen LogP contribution in [-0.4, -0.2) is 17.8 Å². The number of aromatic nitrogens is 1.